The van der Waals surface area contributed by atoms with Crippen LogP contribution in [0.15, 0.2) is 83.3 Å². The zero-order valence-electron chi connectivity index (χ0n) is 20.9. The highest BCUT2D eigenvalue weighted by Crippen LogP contribution is 2.30. The molecule has 0 heterocycles. The molecule has 1 N–H and O–H groups in total. The number of hydrogen-bond donors (Lipinski definition) is 1. The maximum atomic E-state index is 13.5. The predicted molar refractivity (Wildman–Crippen MR) is 151 cm³/mol. The Morgan fingerprint density at radius 1 is 1.03 bits per heavy atom. The Balaban J connectivity index is 1.82. The summed E-state index contributed by atoms with van der Waals surface area (Å²) in [5, 5.41) is 4.42. The molecule has 0 aliphatic carbocycles. The van der Waals surface area contributed by atoms with Crippen molar-refractivity contribution in [2.24, 2.45) is 5.10 Å². The van der Waals surface area contributed by atoms with Crippen molar-refractivity contribution < 1.29 is 22.7 Å². The topological polar surface area (TPSA) is 97.3 Å². The van der Waals surface area contributed by atoms with Crippen molar-refractivity contribution in [2.45, 2.75) is 18.7 Å². The van der Waals surface area contributed by atoms with Gasteiger partial charge in [-0.1, -0.05) is 53.6 Å². The maximum absolute atomic E-state index is 13.5. The summed E-state index contributed by atoms with van der Waals surface area (Å²) in [6.45, 7) is 7.51. The fourth-order valence-corrected chi connectivity index (χ4v) is 5.24. The van der Waals surface area contributed by atoms with Gasteiger partial charge in [-0.05, 0) is 67.9 Å². The molecule has 0 spiro atoms. The highest BCUT2D eigenvalue weighted by atomic mass is 35.5. The summed E-state index contributed by atoms with van der Waals surface area (Å²) in [7, 11) is -4.14. The molecule has 8 nitrogen and oxygen atoms in total. The number of ether oxygens (including phenoxy) is 2. The molecule has 0 radical (unpaired) electrons. The highest BCUT2D eigenvalue weighted by molar-refractivity contribution is 7.92. The molecule has 0 unspecified atom stereocenters. The summed E-state index contributed by atoms with van der Waals surface area (Å²) >= 11 is 12.2. The van der Waals surface area contributed by atoms with Crippen molar-refractivity contribution in [1.82, 2.24) is 5.43 Å². The van der Waals surface area contributed by atoms with E-state index in [1.807, 2.05) is 13.8 Å². The number of nitrogens with zero attached hydrogens (tertiary/aromatic N) is 2. The predicted octanol–water partition coefficient (Wildman–Crippen LogP) is 5.61. The fraction of sp³-hybridized carbons (Fsp3) is 0.185. The van der Waals surface area contributed by atoms with Crippen molar-refractivity contribution in [3.63, 3.8) is 0 Å². The Morgan fingerprint density at radius 3 is 2.34 bits per heavy atom. The third-order valence-electron chi connectivity index (χ3n) is 5.06. The monoisotopic (exact) mass is 575 g/mol. The normalized spacial score (nSPS) is 11.3. The molecule has 0 bridgehead atoms. The van der Waals surface area contributed by atoms with Crippen LogP contribution in [0.2, 0.25) is 10.0 Å². The first-order valence-electron chi connectivity index (χ1n) is 11.5. The van der Waals surface area contributed by atoms with Gasteiger partial charge >= 0.3 is 0 Å². The summed E-state index contributed by atoms with van der Waals surface area (Å²) in [5.41, 5.74) is 4.02. The number of sulfonamides is 1. The smallest absolute Gasteiger partial charge is 0.264 e. The van der Waals surface area contributed by atoms with Gasteiger partial charge in [0.1, 0.15) is 13.2 Å². The summed E-state index contributed by atoms with van der Waals surface area (Å²) < 4.78 is 39.1. The van der Waals surface area contributed by atoms with Gasteiger partial charge in [-0.3, -0.25) is 9.10 Å². The van der Waals surface area contributed by atoms with Crippen LogP contribution in [0.1, 0.15) is 18.1 Å². The van der Waals surface area contributed by atoms with E-state index >= 15 is 0 Å². The average Bonchev–Trinajstić information content (AvgIpc) is 2.86. The second-order valence-electron chi connectivity index (χ2n) is 7.98. The van der Waals surface area contributed by atoms with E-state index in [1.165, 1.54) is 36.5 Å². The first kappa shape index (κ1) is 29.0. The van der Waals surface area contributed by atoms with Crippen LogP contribution < -0.4 is 19.2 Å². The minimum absolute atomic E-state index is 0.0118. The summed E-state index contributed by atoms with van der Waals surface area (Å²) in [6, 6.07) is 15.8. The average molecular weight is 577 g/mol. The standard InChI is InChI=1S/C27H27Cl2N3O5S/c1-4-12-37-25-11-8-20(13-26(25)36-5-2)17-30-31-27(33)18-32(23-15-21(28)14-22(29)16-23)38(34,35)24-9-6-19(3)7-10-24/h4,6-11,13-17H,1,5,12,18H2,2-3H3,(H,31,33)/b30-17-. The minimum atomic E-state index is -4.14. The molecule has 3 aromatic carbocycles. The molecule has 0 aliphatic rings. The van der Waals surface area contributed by atoms with E-state index in [-0.39, 0.29) is 20.6 Å². The Kier molecular flexibility index (Phi) is 10.2. The molecule has 3 rings (SSSR count). The molecule has 200 valence electrons. The number of anilines is 1. The van der Waals surface area contributed by atoms with Crippen LogP contribution in [-0.4, -0.2) is 40.3 Å². The summed E-state index contributed by atoms with van der Waals surface area (Å²) in [4.78, 5) is 12.8. The van der Waals surface area contributed by atoms with E-state index in [1.54, 1.807) is 36.4 Å². The van der Waals surface area contributed by atoms with Crippen LogP contribution in [0.25, 0.3) is 0 Å². The molecule has 0 atom stereocenters. The second kappa shape index (κ2) is 13.3. The van der Waals surface area contributed by atoms with Crippen molar-refractivity contribution in [3.8, 4) is 11.5 Å². The van der Waals surface area contributed by atoms with Crippen molar-refractivity contribution in [3.05, 3.63) is 94.5 Å². The number of amides is 1. The molecule has 38 heavy (non-hydrogen) atoms. The van der Waals surface area contributed by atoms with Gasteiger partial charge < -0.3 is 9.47 Å². The van der Waals surface area contributed by atoms with Gasteiger partial charge in [-0.25, -0.2) is 13.8 Å². The van der Waals surface area contributed by atoms with Gasteiger partial charge in [-0.2, -0.15) is 5.10 Å². The van der Waals surface area contributed by atoms with Crippen LogP contribution in [0.5, 0.6) is 11.5 Å². The number of carbonyl (C=O) groups excluding carboxylic acids is 1. The van der Waals surface area contributed by atoms with Crippen molar-refractivity contribution in [1.29, 1.82) is 0 Å². The Morgan fingerprint density at radius 2 is 1.71 bits per heavy atom. The number of hydrazone groups is 1. The lowest BCUT2D eigenvalue weighted by atomic mass is 10.2. The number of aryl methyl sites for hydroxylation is 1. The lowest BCUT2D eigenvalue weighted by Crippen LogP contribution is -2.39. The molecule has 11 heteroatoms. The van der Waals surface area contributed by atoms with Gasteiger partial charge in [0, 0.05) is 10.0 Å². The van der Waals surface area contributed by atoms with Gasteiger partial charge in [0.05, 0.1) is 23.4 Å². The Hall–Kier alpha value is -3.53. The highest BCUT2D eigenvalue weighted by Gasteiger charge is 2.27. The number of hydrogen-bond acceptors (Lipinski definition) is 6. The molecular weight excluding hydrogens is 549 g/mol. The van der Waals surface area contributed by atoms with Crippen LogP contribution in [-0.2, 0) is 14.8 Å². The van der Waals surface area contributed by atoms with Crippen LogP contribution in [0.3, 0.4) is 0 Å². The summed E-state index contributed by atoms with van der Waals surface area (Å²) in [6.07, 6.45) is 3.03. The molecule has 3 aromatic rings. The fourth-order valence-electron chi connectivity index (χ4n) is 3.32. The van der Waals surface area contributed by atoms with Crippen LogP contribution >= 0.6 is 23.2 Å². The number of halogens is 2. The molecule has 0 aliphatic heterocycles. The number of benzene rings is 3. The van der Waals surface area contributed by atoms with Crippen LogP contribution in [0.4, 0.5) is 5.69 Å². The maximum Gasteiger partial charge on any atom is 0.264 e. The first-order chi connectivity index (χ1) is 18.1. The zero-order chi connectivity index (χ0) is 27.7. The first-order valence-corrected chi connectivity index (χ1v) is 13.7. The van der Waals surface area contributed by atoms with E-state index < -0.39 is 22.5 Å². The number of nitrogens with one attached hydrogen (secondary N) is 1. The lowest BCUT2D eigenvalue weighted by Gasteiger charge is -2.24. The lowest BCUT2D eigenvalue weighted by molar-refractivity contribution is -0.119. The molecule has 0 aromatic heterocycles. The van der Waals surface area contributed by atoms with E-state index in [9.17, 15) is 13.2 Å². The van der Waals surface area contributed by atoms with E-state index in [0.717, 1.165) is 9.87 Å². The Bertz CT molecular complexity index is 1410. The van der Waals surface area contributed by atoms with E-state index in [4.69, 9.17) is 32.7 Å². The van der Waals surface area contributed by atoms with Gasteiger partial charge in [-0.15, -0.1) is 0 Å². The van der Waals surface area contributed by atoms with Gasteiger partial charge in [0.25, 0.3) is 15.9 Å². The van der Waals surface area contributed by atoms with E-state index in [0.29, 0.717) is 30.3 Å². The van der Waals surface area contributed by atoms with Crippen molar-refractivity contribution in [2.75, 3.05) is 24.1 Å². The summed E-state index contributed by atoms with van der Waals surface area (Å²) in [5.74, 6) is 0.381. The molecule has 1 amide bonds. The van der Waals surface area contributed by atoms with E-state index in [2.05, 4.69) is 17.1 Å². The third-order valence-corrected chi connectivity index (χ3v) is 7.28. The minimum Gasteiger partial charge on any atom is -0.490 e. The third kappa shape index (κ3) is 7.74. The number of rotatable bonds is 12. The van der Waals surface area contributed by atoms with Crippen LogP contribution in [0, 0.1) is 6.92 Å². The van der Waals surface area contributed by atoms with Gasteiger partial charge in [0.15, 0.2) is 11.5 Å². The zero-order valence-corrected chi connectivity index (χ0v) is 23.2. The van der Waals surface area contributed by atoms with Gasteiger partial charge in [0.2, 0.25) is 0 Å². The largest absolute Gasteiger partial charge is 0.490 e. The van der Waals surface area contributed by atoms with Crippen molar-refractivity contribution >= 4 is 51.0 Å². The SMILES string of the molecule is C=CCOc1ccc(/C=N\NC(=O)CN(c2cc(Cl)cc(Cl)c2)S(=O)(=O)c2ccc(C)cc2)cc1OCC. The molecule has 0 saturated heterocycles. The number of carbonyl (C=O) groups is 1. The molecular formula is C27H27Cl2N3O5S. The quantitative estimate of drug-likeness (QED) is 0.172. The Labute approximate surface area is 232 Å². The molecule has 0 fully saturated rings. The second-order valence-corrected chi connectivity index (χ2v) is 10.7. The molecule has 0 saturated carbocycles.